The average Bonchev–Trinajstić information content (AvgIpc) is 2.83. The average molecular weight is 257 g/mol. The molecule has 2 rings (SSSR count). The van der Waals surface area contributed by atoms with E-state index in [0.717, 1.165) is 10.6 Å². The van der Waals surface area contributed by atoms with E-state index in [0.29, 0.717) is 11.3 Å². The van der Waals surface area contributed by atoms with Crippen LogP contribution in [0.3, 0.4) is 0 Å². The van der Waals surface area contributed by atoms with E-state index in [4.69, 9.17) is 5.26 Å². The smallest absolute Gasteiger partial charge is 0.260 e. The molecule has 0 aliphatic heterocycles. The quantitative estimate of drug-likeness (QED) is 0.831. The zero-order valence-corrected chi connectivity index (χ0v) is 10.9. The molecule has 0 spiro atoms. The van der Waals surface area contributed by atoms with Gasteiger partial charge in [-0.2, -0.15) is 5.26 Å². The van der Waals surface area contributed by atoms with Gasteiger partial charge in [-0.15, -0.1) is 11.3 Å². The number of hydrogen-bond donors (Lipinski definition) is 0. The van der Waals surface area contributed by atoms with Crippen molar-refractivity contribution in [3.63, 3.8) is 0 Å². The lowest BCUT2D eigenvalue weighted by atomic mass is 10.2. The standard InChI is InChI=1S/C13H11N3OS/c1-9-5-6-18-13(9)16(2)12(17)10-3-4-11(7-14)15-8-10/h3-6,8H,1-2H3. The monoisotopic (exact) mass is 257 g/mol. The summed E-state index contributed by atoms with van der Waals surface area (Å²) >= 11 is 1.52. The zero-order valence-electron chi connectivity index (χ0n) is 10.0. The number of amides is 1. The minimum Gasteiger partial charge on any atom is -0.303 e. The predicted octanol–water partition coefficient (Wildman–Crippen LogP) is 2.60. The summed E-state index contributed by atoms with van der Waals surface area (Å²) in [5, 5.41) is 11.5. The van der Waals surface area contributed by atoms with Crippen LogP contribution in [0.5, 0.6) is 0 Å². The van der Waals surface area contributed by atoms with Crippen molar-refractivity contribution in [2.24, 2.45) is 0 Å². The van der Waals surface area contributed by atoms with Crippen LogP contribution in [0.25, 0.3) is 0 Å². The van der Waals surface area contributed by atoms with Gasteiger partial charge in [-0.05, 0) is 36.1 Å². The normalized spacial score (nSPS) is 9.83. The van der Waals surface area contributed by atoms with Gasteiger partial charge in [-0.25, -0.2) is 4.98 Å². The molecule has 0 saturated carbocycles. The summed E-state index contributed by atoms with van der Waals surface area (Å²) in [5.41, 5.74) is 1.85. The molecular formula is C13H11N3OS. The van der Waals surface area contributed by atoms with Crippen molar-refractivity contribution in [3.05, 3.63) is 46.6 Å². The first kappa shape index (κ1) is 12.3. The zero-order chi connectivity index (χ0) is 13.1. The van der Waals surface area contributed by atoms with E-state index in [9.17, 15) is 4.79 Å². The van der Waals surface area contributed by atoms with Gasteiger partial charge >= 0.3 is 0 Å². The Morgan fingerprint density at radius 1 is 1.44 bits per heavy atom. The summed E-state index contributed by atoms with van der Waals surface area (Å²) in [4.78, 5) is 17.7. The summed E-state index contributed by atoms with van der Waals surface area (Å²) in [5.74, 6) is -0.127. The molecule has 18 heavy (non-hydrogen) atoms. The number of hydrogen-bond acceptors (Lipinski definition) is 4. The highest BCUT2D eigenvalue weighted by Gasteiger charge is 2.16. The second kappa shape index (κ2) is 4.98. The van der Waals surface area contributed by atoms with Gasteiger partial charge in [0.25, 0.3) is 5.91 Å². The third-order valence-corrected chi connectivity index (χ3v) is 3.66. The van der Waals surface area contributed by atoms with Gasteiger partial charge in [-0.3, -0.25) is 4.79 Å². The van der Waals surface area contributed by atoms with Crippen LogP contribution in [-0.2, 0) is 0 Å². The molecule has 0 radical (unpaired) electrons. The van der Waals surface area contributed by atoms with Crippen molar-refractivity contribution in [1.82, 2.24) is 4.98 Å². The van der Waals surface area contributed by atoms with Crippen LogP contribution in [0.15, 0.2) is 29.8 Å². The molecule has 4 nitrogen and oxygen atoms in total. The fourth-order valence-electron chi connectivity index (χ4n) is 1.58. The number of aromatic nitrogens is 1. The fraction of sp³-hybridized carbons (Fsp3) is 0.154. The molecule has 0 unspecified atom stereocenters. The van der Waals surface area contributed by atoms with Gasteiger partial charge in [0.05, 0.1) is 5.56 Å². The van der Waals surface area contributed by atoms with E-state index in [1.54, 1.807) is 24.1 Å². The predicted molar refractivity (Wildman–Crippen MR) is 70.7 cm³/mol. The SMILES string of the molecule is Cc1ccsc1N(C)C(=O)c1ccc(C#N)nc1. The lowest BCUT2D eigenvalue weighted by Gasteiger charge is -2.16. The molecule has 90 valence electrons. The Morgan fingerprint density at radius 3 is 2.72 bits per heavy atom. The third kappa shape index (κ3) is 2.24. The number of anilines is 1. The minimum atomic E-state index is -0.127. The van der Waals surface area contributed by atoms with Crippen molar-refractivity contribution < 1.29 is 4.79 Å². The van der Waals surface area contributed by atoms with E-state index in [-0.39, 0.29) is 5.91 Å². The van der Waals surface area contributed by atoms with E-state index in [2.05, 4.69) is 4.98 Å². The number of rotatable bonds is 2. The van der Waals surface area contributed by atoms with Crippen molar-refractivity contribution in [2.75, 3.05) is 11.9 Å². The summed E-state index contributed by atoms with van der Waals surface area (Å²) < 4.78 is 0. The van der Waals surface area contributed by atoms with Gasteiger partial charge in [0.15, 0.2) is 0 Å². The van der Waals surface area contributed by atoms with Crippen LogP contribution in [0.2, 0.25) is 0 Å². The Labute approximate surface area is 109 Å². The van der Waals surface area contributed by atoms with E-state index in [1.165, 1.54) is 17.5 Å². The van der Waals surface area contributed by atoms with Crippen molar-refractivity contribution in [2.45, 2.75) is 6.92 Å². The molecule has 2 aromatic heterocycles. The Bertz CT molecular complexity index is 610. The van der Waals surface area contributed by atoms with Crippen LogP contribution < -0.4 is 4.90 Å². The second-order valence-electron chi connectivity index (χ2n) is 3.82. The van der Waals surface area contributed by atoms with Gasteiger partial charge in [0.1, 0.15) is 16.8 Å². The number of nitrogens with zero attached hydrogens (tertiary/aromatic N) is 3. The Morgan fingerprint density at radius 2 is 2.22 bits per heavy atom. The number of aryl methyl sites for hydroxylation is 1. The lowest BCUT2D eigenvalue weighted by molar-refractivity contribution is 0.0993. The Kier molecular flexibility index (Phi) is 3.40. The molecule has 2 aromatic rings. The molecule has 0 aromatic carbocycles. The number of nitriles is 1. The number of carbonyl (C=O) groups excluding carboxylic acids is 1. The first-order valence-corrected chi connectivity index (χ1v) is 6.19. The Hall–Kier alpha value is -2.19. The molecule has 0 bridgehead atoms. The number of thiophene rings is 1. The summed E-state index contributed by atoms with van der Waals surface area (Å²) in [6.45, 7) is 1.96. The molecule has 0 atom stereocenters. The largest absolute Gasteiger partial charge is 0.303 e. The lowest BCUT2D eigenvalue weighted by Crippen LogP contribution is -2.26. The highest BCUT2D eigenvalue weighted by Crippen LogP contribution is 2.26. The highest BCUT2D eigenvalue weighted by atomic mass is 32.1. The van der Waals surface area contributed by atoms with E-state index < -0.39 is 0 Å². The summed E-state index contributed by atoms with van der Waals surface area (Å²) in [6.07, 6.45) is 1.43. The fourth-order valence-corrected chi connectivity index (χ4v) is 2.48. The summed E-state index contributed by atoms with van der Waals surface area (Å²) in [6, 6.07) is 7.06. The maximum atomic E-state index is 12.2. The van der Waals surface area contributed by atoms with Crippen LogP contribution >= 0.6 is 11.3 Å². The van der Waals surface area contributed by atoms with Crippen LogP contribution in [-0.4, -0.2) is 17.9 Å². The van der Waals surface area contributed by atoms with E-state index in [1.807, 2.05) is 24.4 Å². The molecular weight excluding hydrogens is 246 g/mol. The molecule has 1 amide bonds. The van der Waals surface area contributed by atoms with Gasteiger partial charge < -0.3 is 4.90 Å². The second-order valence-corrected chi connectivity index (χ2v) is 4.71. The Balaban J connectivity index is 2.26. The third-order valence-electron chi connectivity index (χ3n) is 2.57. The molecule has 0 saturated heterocycles. The first-order chi connectivity index (χ1) is 8.63. The molecule has 2 heterocycles. The van der Waals surface area contributed by atoms with E-state index >= 15 is 0 Å². The summed E-state index contributed by atoms with van der Waals surface area (Å²) in [7, 11) is 1.74. The van der Waals surface area contributed by atoms with Gasteiger partial charge in [0.2, 0.25) is 0 Å². The van der Waals surface area contributed by atoms with Crippen LogP contribution in [0, 0.1) is 18.3 Å². The molecule has 0 N–H and O–H groups in total. The topological polar surface area (TPSA) is 57.0 Å². The van der Waals surface area contributed by atoms with Crippen molar-refractivity contribution in [1.29, 1.82) is 5.26 Å². The number of carbonyl (C=O) groups is 1. The maximum Gasteiger partial charge on any atom is 0.260 e. The highest BCUT2D eigenvalue weighted by molar-refractivity contribution is 7.14. The minimum absolute atomic E-state index is 0.127. The molecule has 0 fully saturated rings. The van der Waals surface area contributed by atoms with Crippen LogP contribution in [0.1, 0.15) is 21.6 Å². The van der Waals surface area contributed by atoms with Crippen molar-refractivity contribution in [3.8, 4) is 6.07 Å². The molecule has 5 heteroatoms. The first-order valence-electron chi connectivity index (χ1n) is 5.32. The van der Waals surface area contributed by atoms with Gasteiger partial charge in [0, 0.05) is 13.2 Å². The van der Waals surface area contributed by atoms with Gasteiger partial charge in [-0.1, -0.05) is 0 Å². The van der Waals surface area contributed by atoms with Crippen molar-refractivity contribution >= 4 is 22.2 Å². The maximum absolute atomic E-state index is 12.2. The molecule has 0 aliphatic carbocycles. The molecule has 0 aliphatic rings. The van der Waals surface area contributed by atoms with Crippen LogP contribution in [0.4, 0.5) is 5.00 Å². The number of pyridine rings is 1.